The van der Waals surface area contributed by atoms with Crippen molar-refractivity contribution in [2.45, 2.75) is 46.0 Å². The van der Waals surface area contributed by atoms with Crippen molar-refractivity contribution in [2.75, 3.05) is 32.7 Å². The second kappa shape index (κ2) is 6.08. The molecule has 0 aromatic heterocycles. The Morgan fingerprint density at radius 2 is 1.89 bits per heavy atom. The maximum absolute atomic E-state index is 12.0. The average molecular weight is 264 g/mol. The molecule has 0 aromatic rings. The number of hydrogen-bond acceptors (Lipinski definition) is 2. The lowest BCUT2D eigenvalue weighted by Crippen LogP contribution is -2.60. The van der Waals surface area contributed by atoms with Gasteiger partial charge in [-0.15, -0.1) is 0 Å². The third-order valence-electron chi connectivity index (χ3n) is 4.53. The quantitative estimate of drug-likeness (QED) is 0.713. The second-order valence-electron chi connectivity index (χ2n) is 6.59. The first-order valence-corrected chi connectivity index (χ1v) is 7.69. The lowest BCUT2D eigenvalue weighted by Gasteiger charge is -2.54. The van der Waals surface area contributed by atoms with E-state index in [1.807, 2.05) is 0 Å². The van der Waals surface area contributed by atoms with Crippen LogP contribution in [0.5, 0.6) is 0 Å². The van der Waals surface area contributed by atoms with E-state index in [2.05, 4.69) is 30.2 Å². The molecule has 108 valence electrons. The molecule has 2 heterocycles. The lowest BCUT2D eigenvalue weighted by atomic mass is 9.72. The van der Waals surface area contributed by atoms with Gasteiger partial charge in [0.1, 0.15) is 0 Å². The SMILES string of the molecule is C=C(C)CN1CC2(CCN(C(=O)CCCC)CC2)C1. The smallest absolute Gasteiger partial charge is 0.222 e. The maximum Gasteiger partial charge on any atom is 0.222 e. The first-order valence-electron chi connectivity index (χ1n) is 7.69. The van der Waals surface area contributed by atoms with Gasteiger partial charge in [0.25, 0.3) is 0 Å². The highest BCUT2D eigenvalue weighted by molar-refractivity contribution is 5.76. The highest BCUT2D eigenvalue weighted by atomic mass is 16.2. The standard InChI is InChI=1S/C16H28N2O/c1-4-5-6-15(19)18-9-7-16(8-10-18)12-17(13-16)11-14(2)3/h2,4-13H2,1,3H3. The number of likely N-dealkylation sites (tertiary alicyclic amines) is 2. The van der Waals surface area contributed by atoms with E-state index in [1.54, 1.807) is 0 Å². The summed E-state index contributed by atoms with van der Waals surface area (Å²) in [6.07, 6.45) is 5.27. The van der Waals surface area contributed by atoms with Crippen LogP contribution in [0.1, 0.15) is 46.0 Å². The zero-order valence-corrected chi connectivity index (χ0v) is 12.6. The van der Waals surface area contributed by atoms with Crippen LogP contribution in [0.15, 0.2) is 12.2 Å². The van der Waals surface area contributed by atoms with Gasteiger partial charge >= 0.3 is 0 Å². The normalized spacial score (nSPS) is 22.3. The molecule has 0 N–H and O–H groups in total. The van der Waals surface area contributed by atoms with E-state index in [4.69, 9.17) is 0 Å². The minimum absolute atomic E-state index is 0.370. The molecule has 2 aliphatic heterocycles. The molecule has 1 amide bonds. The van der Waals surface area contributed by atoms with Gasteiger partial charge in [0, 0.05) is 39.1 Å². The van der Waals surface area contributed by atoms with Gasteiger partial charge in [-0.05, 0) is 31.6 Å². The molecule has 0 atom stereocenters. The predicted octanol–water partition coefficient (Wildman–Crippen LogP) is 2.68. The molecule has 0 saturated carbocycles. The van der Waals surface area contributed by atoms with E-state index >= 15 is 0 Å². The Morgan fingerprint density at radius 3 is 2.42 bits per heavy atom. The topological polar surface area (TPSA) is 23.6 Å². The minimum Gasteiger partial charge on any atom is -0.343 e. The number of amides is 1. The van der Waals surface area contributed by atoms with Crippen LogP contribution in [0.2, 0.25) is 0 Å². The summed E-state index contributed by atoms with van der Waals surface area (Å²) in [7, 11) is 0. The molecule has 2 aliphatic rings. The molecule has 19 heavy (non-hydrogen) atoms. The number of carbonyl (C=O) groups excluding carboxylic acids is 1. The van der Waals surface area contributed by atoms with Crippen molar-refractivity contribution in [2.24, 2.45) is 5.41 Å². The summed E-state index contributed by atoms with van der Waals surface area (Å²) in [5.41, 5.74) is 1.76. The molecule has 0 aliphatic carbocycles. The Morgan fingerprint density at radius 1 is 1.26 bits per heavy atom. The third kappa shape index (κ3) is 3.59. The molecule has 2 fully saturated rings. The fourth-order valence-corrected chi connectivity index (χ4v) is 3.43. The van der Waals surface area contributed by atoms with E-state index in [-0.39, 0.29) is 0 Å². The number of piperidine rings is 1. The highest BCUT2D eigenvalue weighted by Gasteiger charge is 2.44. The highest BCUT2D eigenvalue weighted by Crippen LogP contribution is 2.40. The molecule has 2 rings (SSSR count). The van der Waals surface area contributed by atoms with E-state index in [0.717, 1.165) is 38.9 Å². The van der Waals surface area contributed by atoms with Crippen molar-refractivity contribution in [1.29, 1.82) is 0 Å². The van der Waals surface area contributed by atoms with Crippen molar-refractivity contribution < 1.29 is 4.79 Å². The molecule has 0 aromatic carbocycles. The summed E-state index contributed by atoms with van der Waals surface area (Å²) in [6, 6.07) is 0. The Kier molecular flexibility index (Phi) is 4.67. The first kappa shape index (κ1) is 14.6. The van der Waals surface area contributed by atoms with Crippen molar-refractivity contribution in [3.8, 4) is 0 Å². The Bertz CT molecular complexity index is 335. The molecule has 1 spiro atoms. The third-order valence-corrected chi connectivity index (χ3v) is 4.53. The molecular formula is C16H28N2O. The minimum atomic E-state index is 0.370. The van der Waals surface area contributed by atoms with Gasteiger partial charge in [0.2, 0.25) is 5.91 Å². The van der Waals surface area contributed by atoms with Gasteiger partial charge in [0.05, 0.1) is 0 Å². The number of carbonyl (C=O) groups is 1. The molecule has 3 nitrogen and oxygen atoms in total. The summed E-state index contributed by atoms with van der Waals surface area (Å²) in [6.45, 7) is 13.6. The van der Waals surface area contributed by atoms with Gasteiger partial charge < -0.3 is 4.90 Å². The van der Waals surface area contributed by atoms with Crippen molar-refractivity contribution in [3.63, 3.8) is 0 Å². The number of nitrogens with zero attached hydrogens (tertiary/aromatic N) is 2. The number of unbranched alkanes of at least 4 members (excludes halogenated alkanes) is 1. The zero-order chi connectivity index (χ0) is 13.9. The summed E-state index contributed by atoms with van der Waals surface area (Å²) in [5.74, 6) is 0.370. The van der Waals surface area contributed by atoms with Gasteiger partial charge in [-0.1, -0.05) is 25.5 Å². The average Bonchev–Trinajstić information content (AvgIpc) is 2.34. The fraction of sp³-hybridized carbons (Fsp3) is 0.812. The Labute approximate surface area is 117 Å². The lowest BCUT2D eigenvalue weighted by molar-refractivity contribution is -0.136. The van der Waals surface area contributed by atoms with E-state index in [0.29, 0.717) is 11.3 Å². The van der Waals surface area contributed by atoms with Crippen LogP contribution in [0.25, 0.3) is 0 Å². The van der Waals surface area contributed by atoms with Gasteiger partial charge in [-0.25, -0.2) is 0 Å². The van der Waals surface area contributed by atoms with E-state index < -0.39 is 0 Å². The monoisotopic (exact) mass is 264 g/mol. The predicted molar refractivity (Wildman–Crippen MR) is 79.0 cm³/mol. The summed E-state index contributed by atoms with van der Waals surface area (Å²) >= 11 is 0. The van der Waals surface area contributed by atoms with Crippen molar-refractivity contribution in [1.82, 2.24) is 9.80 Å². The first-order chi connectivity index (χ1) is 9.04. The molecule has 2 saturated heterocycles. The number of rotatable bonds is 5. The molecule has 0 unspecified atom stereocenters. The maximum atomic E-state index is 12.0. The van der Waals surface area contributed by atoms with E-state index in [9.17, 15) is 4.79 Å². The summed E-state index contributed by atoms with van der Waals surface area (Å²) in [4.78, 5) is 16.6. The summed E-state index contributed by atoms with van der Waals surface area (Å²) < 4.78 is 0. The van der Waals surface area contributed by atoms with Crippen molar-refractivity contribution >= 4 is 5.91 Å². The van der Waals surface area contributed by atoms with E-state index in [1.165, 1.54) is 31.5 Å². The van der Waals surface area contributed by atoms with Crippen LogP contribution < -0.4 is 0 Å². The zero-order valence-electron chi connectivity index (χ0n) is 12.6. The Hall–Kier alpha value is -0.830. The fourth-order valence-electron chi connectivity index (χ4n) is 3.43. The van der Waals surface area contributed by atoms with Crippen LogP contribution in [0.3, 0.4) is 0 Å². The van der Waals surface area contributed by atoms with Crippen molar-refractivity contribution in [3.05, 3.63) is 12.2 Å². The Balaban J connectivity index is 1.72. The molecule has 3 heteroatoms. The van der Waals surface area contributed by atoms with Crippen LogP contribution in [0.4, 0.5) is 0 Å². The number of hydrogen-bond donors (Lipinski definition) is 0. The molecule has 0 bridgehead atoms. The van der Waals surface area contributed by atoms with Gasteiger partial charge in [-0.2, -0.15) is 0 Å². The van der Waals surface area contributed by atoms with Crippen LogP contribution >= 0.6 is 0 Å². The largest absolute Gasteiger partial charge is 0.343 e. The summed E-state index contributed by atoms with van der Waals surface area (Å²) in [5, 5.41) is 0. The van der Waals surface area contributed by atoms with Gasteiger partial charge in [0.15, 0.2) is 0 Å². The van der Waals surface area contributed by atoms with Gasteiger partial charge in [-0.3, -0.25) is 9.69 Å². The molecular weight excluding hydrogens is 236 g/mol. The molecule has 0 radical (unpaired) electrons. The van der Waals surface area contributed by atoms with Crippen LogP contribution in [-0.4, -0.2) is 48.4 Å². The second-order valence-corrected chi connectivity index (χ2v) is 6.59. The van der Waals surface area contributed by atoms with Crippen LogP contribution in [-0.2, 0) is 4.79 Å². The van der Waals surface area contributed by atoms with Crippen LogP contribution in [0, 0.1) is 5.41 Å².